The fraction of sp³-hybridized carbons (Fsp3) is 0.345. The standard InChI is InChI=1S/C29H36N4O11S4/c1-5-32(15-13-30-45(3,34)35)20-7-10-23-26(17-20)44-27-18-21(33(6-2)16-14-31-46(4,36)37)8-11-24(27)29(23)25-12-9-22(47(38,39)40)19-28(25)48(41,42)43/h7-12,17-19,30-31H,5-6,13-16H2,1-4H3,(H-,38,39,40,41,42,43)/p+1. The Morgan fingerprint density at radius 1 is 0.646 bits per heavy atom. The number of sulfonamides is 2. The lowest BCUT2D eigenvalue weighted by Crippen LogP contribution is -2.34. The van der Waals surface area contributed by atoms with Gasteiger partial charge in [-0.05, 0) is 50.2 Å². The van der Waals surface area contributed by atoms with Gasteiger partial charge in [0.25, 0.3) is 20.2 Å². The van der Waals surface area contributed by atoms with Crippen LogP contribution in [0.1, 0.15) is 13.8 Å². The number of nitrogens with one attached hydrogen (secondary N) is 2. The van der Waals surface area contributed by atoms with Gasteiger partial charge in [-0.3, -0.25) is 9.11 Å². The predicted molar refractivity (Wildman–Crippen MR) is 185 cm³/mol. The Morgan fingerprint density at radius 3 is 1.48 bits per heavy atom. The van der Waals surface area contributed by atoms with Crippen LogP contribution in [0.5, 0.6) is 0 Å². The van der Waals surface area contributed by atoms with Crippen molar-refractivity contribution in [1.29, 1.82) is 0 Å². The predicted octanol–water partition coefficient (Wildman–Crippen LogP) is 2.78. The Kier molecular flexibility index (Phi) is 11.1. The molecule has 0 radical (unpaired) electrons. The zero-order valence-electron chi connectivity index (χ0n) is 26.5. The third-order valence-corrected chi connectivity index (χ3v) is 10.7. The molecule has 0 saturated carbocycles. The number of anilines is 2. The number of nitrogens with zero attached hydrogens (tertiary/aromatic N) is 2. The van der Waals surface area contributed by atoms with Crippen LogP contribution in [0.25, 0.3) is 33.1 Å². The molecule has 0 bridgehead atoms. The van der Waals surface area contributed by atoms with Crippen LogP contribution in [-0.2, 0) is 40.3 Å². The number of hydrogen-bond acceptors (Lipinski definition) is 10. The van der Waals surface area contributed by atoms with Crippen LogP contribution in [0.3, 0.4) is 0 Å². The van der Waals surface area contributed by atoms with E-state index >= 15 is 0 Å². The van der Waals surface area contributed by atoms with Gasteiger partial charge in [0, 0.05) is 61.8 Å². The monoisotopic (exact) mass is 745 g/mol. The maximum atomic E-state index is 12.6. The highest BCUT2D eigenvalue weighted by Gasteiger charge is 2.28. The Labute approximate surface area is 280 Å². The summed E-state index contributed by atoms with van der Waals surface area (Å²) in [6, 6.07) is 13.1. The zero-order chi connectivity index (χ0) is 35.7. The average molecular weight is 746 g/mol. The fourth-order valence-corrected chi connectivity index (χ4v) is 7.54. The van der Waals surface area contributed by atoms with Crippen molar-refractivity contribution in [2.45, 2.75) is 23.6 Å². The van der Waals surface area contributed by atoms with Gasteiger partial charge in [-0.15, -0.1) is 0 Å². The van der Waals surface area contributed by atoms with Crippen LogP contribution in [0.4, 0.5) is 11.4 Å². The van der Waals surface area contributed by atoms with Gasteiger partial charge in [0.05, 0.1) is 40.3 Å². The van der Waals surface area contributed by atoms with E-state index in [4.69, 9.17) is 4.42 Å². The molecule has 19 heteroatoms. The van der Waals surface area contributed by atoms with E-state index < -0.39 is 50.1 Å². The number of fused-ring (bicyclic) bond motifs is 2. The van der Waals surface area contributed by atoms with Gasteiger partial charge in [0.15, 0.2) is 0 Å². The van der Waals surface area contributed by atoms with Crippen molar-refractivity contribution in [3.63, 3.8) is 0 Å². The van der Waals surface area contributed by atoms with E-state index in [-0.39, 0.29) is 35.4 Å². The van der Waals surface area contributed by atoms with Crippen LogP contribution in [0.2, 0.25) is 0 Å². The van der Waals surface area contributed by atoms with E-state index in [0.29, 0.717) is 54.4 Å². The second-order valence-electron chi connectivity index (χ2n) is 10.9. The minimum atomic E-state index is -5.03. The molecule has 4 aromatic rings. The highest BCUT2D eigenvalue weighted by atomic mass is 32.2. The molecule has 0 unspecified atom stereocenters. The quantitative estimate of drug-likeness (QED) is 0.0783. The molecule has 48 heavy (non-hydrogen) atoms. The van der Waals surface area contributed by atoms with Crippen LogP contribution in [0, 0.1) is 0 Å². The molecule has 1 heterocycles. The van der Waals surface area contributed by atoms with Crippen molar-refractivity contribution in [2.75, 3.05) is 61.6 Å². The molecule has 4 N–H and O–H groups in total. The van der Waals surface area contributed by atoms with E-state index in [2.05, 4.69) is 9.44 Å². The van der Waals surface area contributed by atoms with Gasteiger partial charge in [0.1, 0.15) is 4.90 Å². The molecule has 0 amide bonds. The Balaban J connectivity index is 1.98. The van der Waals surface area contributed by atoms with Gasteiger partial charge >= 0.3 is 11.2 Å². The first-order chi connectivity index (χ1) is 22.2. The van der Waals surface area contributed by atoms with Crippen molar-refractivity contribution in [3.8, 4) is 11.1 Å². The van der Waals surface area contributed by atoms with Crippen molar-refractivity contribution < 1.29 is 47.2 Å². The number of likely N-dealkylation sites (N-methyl/N-ethyl adjacent to an activating group) is 2. The first-order valence-corrected chi connectivity index (χ1v) is 21.2. The number of hydrogen-bond donors (Lipinski definition) is 4. The van der Waals surface area contributed by atoms with E-state index in [9.17, 15) is 42.8 Å². The SMILES string of the molecule is CCN(CCNS(C)(=O)=O)c1ccc2c(-c3ccc(S(=O)(=O)O)cc3S(=O)(=O)O)c3ccc(N(CC)CCNS(C)(=O)=O)cc3[o+]c2c1. The van der Waals surface area contributed by atoms with Gasteiger partial charge in [-0.1, -0.05) is 6.07 Å². The average Bonchev–Trinajstić information content (AvgIpc) is 2.97. The molecule has 0 atom stereocenters. The number of benzene rings is 3. The summed E-state index contributed by atoms with van der Waals surface area (Å²) < 4.78 is 126. The molecular weight excluding hydrogens is 709 g/mol. The molecular formula is C29H37N4O11S4+. The molecule has 1 aromatic heterocycles. The van der Waals surface area contributed by atoms with Gasteiger partial charge in [-0.2, -0.15) is 16.8 Å². The molecule has 15 nitrogen and oxygen atoms in total. The molecule has 0 spiro atoms. The van der Waals surface area contributed by atoms with Crippen molar-refractivity contribution in [1.82, 2.24) is 9.44 Å². The molecule has 0 aliphatic heterocycles. The normalized spacial score (nSPS) is 12.9. The summed E-state index contributed by atoms with van der Waals surface area (Å²) >= 11 is 0. The molecule has 0 aliphatic rings. The fourth-order valence-electron chi connectivity index (χ4n) is 5.31. The first kappa shape index (κ1) is 37.4. The Morgan fingerprint density at radius 2 is 1.10 bits per heavy atom. The van der Waals surface area contributed by atoms with Crippen LogP contribution in [0.15, 0.2) is 68.8 Å². The van der Waals surface area contributed by atoms with E-state index in [1.807, 2.05) is 23.6 Å². The van der Waals surface area contributed by atoms with Crippen molar-refractivity contribution >= 4 is 73.6 Å². The molecule has 4 rings (SSSR count). The molecule has 0 fully saturated rings. The maximum absolute atomic E-state index is 12.6. The number of rotatable bonds is 15. The second-order valence-corrected chi connectivity index (χ2v) is 17.4. The topological polar surface area (TPSA) is 219 Å². The zero-order valence-corrected chi connectivity index (χ0v) is 29.8. The first-order valence-electron chi connectivity index (χ1n) is 14.5. The summed E-state index contributed by atoms with van der Waals surface area (Å²) in [5.41, 5.74) is 2.09. The smallest absolute Gasteiger partial charge is 0.363 e. The Bertz CT molecular complexity index is 2190. The molecule has 3 aromatic carbocycles. The van der Waals surface area contributed by atoms with E-state index in [1.54, 1.807) is 36.4 Å². The summed E-state index contributed by atoms with van der Waals surface area (Å²) in [5.74, 6) is 0. The van der Waals surface area contributed by atoms with Crippen molar-refractivity contribution in [3.05, 3.63) is 54.6 Å². The van der Waals surface area contributed by atoms with Crippen LogP contribution >= 0.6 is 0 Å². The lowest BCUT2D eigenvalue weighted by molar-refractivity contribution is 0.481. The molecule has 0 saturated heterocycles. The van der Waals surface area contributed by atoms with Gasteiger partial charge < -0.3 is 9.80 Å². The van der Waals surface area contributed by atoms with Crippen LogP contribution < -0.4 is 19.2 Å². The van der Waals surface area contributed by atoms with E-state index in [1.165, 1.54) is 6.07 Å². The summed E-state index contributed by atoms with van der Waals surface area (Å²) in [4.78, 5) is 2.29. The molecule has 0 aliphatic carbocycles. The summed E-state index contributed by atoms with van der Waals surface area (Å²) in [5, 5.41) is 0.803. The highest BCUT2D eigenvalue weighted by molar-refractivity contribution is 7.89. The summed E-state index contributed by atoms with van der Waals surface area (Å²) in [7, 11) is -16.7. The third-order valence-electron chi connectivity index (χ3n) is 7.47. The lowest BCUT2D eigenvalue weighted by atomic mass is 9.96. The maximum Gasteiger partial charge on any atom is 0.363 e. The Hall–Kier alpha value is -3.43. The second kappa shape index (κ2) is 14.2. The van der Waals surface area contributed by atoms with Gasteiger partial charge in [-0.25, -0.2) is 30.7 Å². The highest BCUT2D eigenvalue weighted by Crippen LogP contribution is 2.42. The summed E-state index contributed by atoms with van der Waals surface area (Å²) in [6.07, 6.45) is 2.12. The lowest BCUT2D eigenvalue weighted by Gasteiger charge is -2.23. The minimum Gasteiger partial charge on any atom is -0.370 e. The third kappa shape index (κ3) is 9.17. The largest absolute Gasteiger partial charge is 0.370 e. The summed E-state index contributed by atoms with van der Waals surface area (Å²) in [6.45, 7) is 5.66. The van der Waals surface area contributed by atoms with Crippen LogP contribution in [-0.4, -0.2) is 94.6 Å². The van der Waals surface area contributed by atoms with Crippen molar-refractivity contribution in [2.24, 2.45) is 0 Å². The minimum absolute atomic E-state index is 0.0643. The van der Waals surface area contributed by atoms with E-state index in [0.717, 1.165) is 18.6 Å². The molecule has 262 valence electrons. The van der Waals surface area contributed by atoms with Gasteiger partial charge in [0.2, 0.25) is 20.0 Å².